The first-order chi connectivity index (χ1) is 17.6. The molecule has 37 heavy (non-hydrogen) atoms. The minimum Gasteiger partial charge on any atom is -0.353 e. The number of ketones is 1. The Balaban J connectivity index is 2.60. The number of Topliss-reactive ketones (excluding diaryl/α,β-unsaturated/α-hetero) is 1. The minimum absolute atomic E-state index is 0.0793. The molecule has 0 aromatic heterocycles. The Bertz CT molecular complexity index is 1150. The minimum atomic E-state index is -0.332. The van der Waals surface area contributed by atoms with Gasteiger partial charge in [-0.05, 0) is 72.7 Å². The molecule has 0 saturated heterocycles. The monoisotopic (exact) mass is 524 g/mol. The van der Waals surface area contributed by atoms with Gasteiger partial charge in [0.15, 0.2) is 5.78 Å². The molecule has 1 unspecified atom stereocenters. The highest BCUT2D eigenvalue weighted by molar-refractivity contribution is 7.94. The number of carbonyl (C=O) groups excluding carboxylic acids is 1. The van der Waals surface area contributed by atoms with Crippen LogP contribution in [0, 0.1) is 24.6 Å². The fourth-order valence-electron chi connectivity index (χ4n) is 3.83. The quantitative estimate of drug-likeness (QED) is 0.0847. The van der Waals surface area contributed by atoms with Gasteiger partial charge in [-0.3, -0.25) is 10.3 Å². The van der Waals surface area contributed by atoms with Crippen LogP contribution in [0.3, 0.4) is 0 Å². The van der Waals surface area contributed by atoms with E-state index in [0.29, 0.717) is 28.9 Å². The number of allylic oxidation sites excluding steroid dienone is 5. The van der Waals surface area contributed by atoms with Crippen molar-refractivity contribution < 1.29 is 13.5 Å². The van der Waals surface area contributed by atoms with Crippen LogP contribution in [-0.2, 0) is 9.08 Å². The van der Waals surface area contributed by atoms with Crippen LogP contribution in [0.15, 0.2) is 66.3 Å². The van der Waals surface area contributed by atoms with Crippen LogP contribution in [0.4, 0.5) is 21.5 Å². The zero-order valence-corrected chi connectivity index (χ0v) is 24.0. The highest BCUT2D eigenvalue weighted by Crippen LogP contribution is 2.37. The number of hydrogen-bond donors (Lipinski definition) is 2. The van der Waals surface area contributed by atoms with Crippen LogP contribution < -0.4 is 10.8 Å². The number of halogens is 1. The highest BCUT2D eigenvalue weighted by Gasteiger charge is 2.21. The smallest absolute Gasteiger partial charge is 0.163 e. The lowest BCUT2D eigenvalue weighted by molar-refractivity contribution is -0.116. The average Bonchev–Trinajstić information content (AvgIpc) is 2.85. The molecule has 4 nitrogen and oxygen atoms in total. The van der Waals surface area contributed by atoms with Gasteiger partial charge >= 0.3 is 0 Å². The molecule has 0 fully saturated rings. The molecule has 0 aliphatic heterocycles. The standard InChI is InChI=1S/C31H41FN2O2S/c1-9-21(6)17-26(31(35)16-20(4)5)23(8)25(10-2)27-19-24(34-36-37-11-3)13-15-29(27)33-30-14-12-22(7)18-28(30)32/h10,12-15,17-21,33-34H,8-9,11,16H2,1-7H3/b25-10+,26-17+. The molecule has 0 aliphatic carbocycles. The molecule has 0 spiro atoms. The molecule has 6 heteroatoms. The van der Waals surface area contributed by atoms with Crippen LogP contribution in [0.2, 0.25) is 0 Å². The predicted octanol–water partition coefficient (Wildman–Crippen LogP) is 9.44. The molecule has 200 valence electrons. The Morgan fingerprint density at radius 1 is 1.14 bits per heavy atom. The van der Waals surface area contributed by atoms with Crippen molar-refractivity contribution in [2.24, 2.45) is 11.8 Å². The molecule has 0 aliphatic rings. The lowest BCUT2D eigenvalue weighted by atomic mass is 9.86. The van der Waals surface area contributed by atoms with E-state index >= 15 is 0 Å². The maximum Gasteiger partial charge on any atom is 0.163 e. The van der Waals surface area contributed by atoms with Gasteiger partial charge in [-0.25, -0.2) is 8.67 Å². The Labute approximate surface area is 226 Å². The SMILES string of the molecule is C=C(/C(=C\C(C)CC)C(=O)CC(C)C)/C(=C\C)c1cc(NOSCC)ccc1Nc1ccc(C)cc1F. The number of aryl methyl sites for hydroxylation is 1. The Hall–Kier alpha value is -2.83. The van der Waals surface area contributed by atoms with Crippen molar-refractivity contribution in [2.75, 3.05) is 16.5 Å². The second kappa shape index (κ2) is 14.8. The van der Waals surface area contributed by atoms with Gasteiger partial charge in [0.05, 0.1) is 11.4 Å². The maximum absolute atomic E-state index is 14.7. The van der Waals surface area contributed by atoms with Gasteiger partial charge in [-0.15, -0.1) is 0 Å². The summed E-state index contributed by atoms with van der Waals surface area (Å²) in [5.74, 6) is 1.01. The van der Waals surface area contributed by atoms with Gasteiger partial charge in [-0.1, -0.05) is 65.8 Å². The highest BCUT2D eigenvalue weighted by atomic mass is 32.2. The molecule has 1 atom stereocenters. The first kappa shape index (κ1) is 30.4. The lowest BCUT2D eigenvalue weighted by Crippen LogP contribution is -2.11. The summed E-state index contributed by atoms with van der Waals surface area (Å²) in [7, 11) is 0. The van der Waals surface area contributed by atoms with E-state index in [4.69, 9.17) is 4.28 Å². The van der Waals surface area contributed by atoms with Gasteiger partial charge in [0.25, 0.3) is 0 Å². The maximum atomic E-state index is 14.7. The number of anilines is 3. The van der Waals surface area contributed by atoms with E-state index in [2.05, 4.69) is 31.2 Å². The summed E-state index contributed by atoms with van der Waals surface area (Å²) in [6.45, 7) is 18.5. The molecule has 0 radical (unpaired) electrons. The number of benzene rings is 2. The second-order valence-electron chi connectivity index (χ2n) is 9.63. The van der Waals surface area contributed by atoms with Crippen molar-refractivity contribution in [1.29, 1.82) is 0 Å². The van der Waals surface area contributed by atoms with E-state index in [1.54, 1.807) is 6.07 Å². The summed E-state index contributed by atoms with van der Waals surface area (Å²) in [5.41, 5.74) is 8.49. The summed E-state index contributed by atoms with van der Waals surface area (Å²) < 4.78 is 20.2. The molecule has 2 aromatic rings. The first-order valence-corrected chi connectivity index (χ1v) is 13.8. The molecular formula is C31H41FN2O2S. The predicted molar refractivity (Wildman–Crippen MR) is 158 cm³/mol. The first-order valence-electron chi connectivity index (χ1n) is 12.9. The van der Waals surface area contributed by atoms with Crippen molar-refractivity contribution in [3.63, 3.8) is 0 Å². The Morgan fingerprint density at radius 3 is 2.43 bits per heavy atom. The van der Waals surface area contributed by atoms with Crippen molar-refractivity contribution >= 4 is 40.5 Å². The third-order valence-electron chi connectivity index (χ3n) is 5.97. The van der Waals surface area contributed by atoms with Crippen LogP contribution >= 0.6 is 12.0 Å². The van der Waals surface area contributed by atoms with E-state index in [9.17, 15) is 9.18 Å². The van der Waals surface area contributed by atoms with Gasteiger partial charge in [0.1, 0.15) is 5.82 Å². The van der Waals surface area contributed by atoms with Gasteiger partial charge in [0.2, 0.25) is 0 Å². The van der Waals surface area contributed by atoms with Crippen LogP contribution in [-0.4, -0.2) is 11.5 Å². The molecular weight excluding hydrogens is 483 g/mol. The summed E-state index contributed by atoms with van der Waals surface area (Å²) in [6.07, 6.45) is 5.35. The molecule has 0 saturated carbocycles. The van der Waals surface area contributed by atoms with Crippen molar-refractivity contribution in [3.05, 3.63) is 83.2 Å². The van der Waals surface area contributed by atoms with Crippen molar-refractivity contribution in [2.45, 2.75) is 61.3 Å². The topological polar surface area (TPSA) is 50.4 Å². The lowest BCUT2D eigenvalue weighted by Gasteiger charge is -2.21. The summed E-state index contributed by atoms with van der Waals surface area (Å²) in [4.78, 5) is 13.3. The fraction of sp³-hybridized carbons (Fsp3) is 0.387. The van der Waals surface area contributed by atoms with Crippen LogP contribution in [0.1, 0.15) is 65.5 Å². The summed E-state index contributed by atoms with van der Waals surface area (Å²) in [6, 6.07) is 10.8. The normalized spacial score (nSPS) is 13.0. The molecule has 2 N–H and O–H groups in total. The number of hydrogen-bond acceptors (Lipinski definition) is 5. The number of rotatable bonds is 14. The van der Waals surface area contributed by atoms with E-state index in [-0.39, 0.29) is 23.4 Å². The summed E-state index contributed by atoms with van der Waals surface area (Å²) in [5, 5.41) is 3.25. The molecule has 2 aromatic carbocycles. The summed E-state index contributed by atoms with van der Waals surface area (Å²) >= 11 is 1.30. The largest absolute Gasteiger partial charge is 0.353 e. The van der Waals surface area contributed by atoms with E-state index in [1.165, 1.54) is 18.1 Å². The number of carbonyl (C=O) groups is 1. The van der Waals surface area contributed by atoms with Gasteiger partial charge in [0, 0.05) is 41.0 Å². The van der Waals surface area contributed by atoms with Gasteiger partial charge < -0.3 is 5.32 Å². The van der Waals surface area contributed by atoms with Gasteiger partial charge in [-0.2, -0.15) is 0 Å². The third kappa shape index (κ3) is 8.90. The zero-order chi connectivity index (χ0) is 27.5. The second-order valence-corrected chi connectivity index (χ2v) is 10.6. The number of nitrogens with one attached hydrogen (secondary N) is 2. The Kier molecular flexibility index (Phi) is 12.2. The fourth-order valence-corrected chi connectivity index (χ4v) is 4.10. The van der Waals surface area contributed by atoms with Crippen LogP contribution in [0.25, 0.3) is 5.57 Å². The average molecular weight is 525 g/mol. The third-order valence-corrected chi connectivity index (χ3v) is 6.40. The van der Waals surface area contributed by atoms with E-state index in [0.717, 1.165) is 34.6 Å². The molecule has 2 rings (SSSR count). The van der Waals surface area contributed by atoms with Crippen molar-refractivity contribution in [3.8, 4) is 0 Å². The van der Waals surface area contributed by atoms with E-state index < -0.39 is 0 Å². The Morgan fingerprint density at radius 2 is 1.84 bits per heavy atom. The van der Waals surface area contributed by atoms with E-state index in [1.807, 2.05) is 71.0 Å². The van der Waals surface area contributed by atoms with Crippen molar-refractivity contribution in [1.82, 2.24) is 0 Å². The molecule has 0 bridgehead atoms. The van der Waals surface area contributed by atoms with Crippen LogP contribution in [0.5, 0.6) is 0 Å². The molecule has 0 amide bonds. The molecule has 0 heterocycles. The zero-order valence-electron chi connectivity index (χ0n) is 23.2.